The van der Waals surface area contributed by atoms with Crippen molar-refractivity contribution in [2.24, 2.45) is 0 Å². The molecule has 0 radical (unpaired) electrons. The quantitative estimate of drug-likeness (QED) is 0.0927. The van der Waals surface area contributed by atoms with E-state index in [4.69, 9.17) is 14.2 Å². The van der Waals surface area contributed by atoms with E-state index >= 15 is 0 Å². The van der Waals surface area contributed by atoms with Crippen LogP contribution in [0, 0.1) is 0 Å². The molecule has 0 aliphatic heterocycles. The van der Waals surface area contributed by atoms with E-state index < -0.39 is 0 Å². The van der Waals surface area contributed by atoms with Gasteiger partial charge in [-0.2, -0.15) is 0 Å². The Morgan fingerprint density at radius 1 is 0.491 bits per heavy atom. The summed E-state index contributed by atoms with van der Waals surface area (Å²) in [6.45, 7) is 16.3. The van der Waals surface area contributed by atoms with Crippen molar-refractivity contribution in [3.8, 4) is 28.7 Å². The summed E-state index contributed by atoms with van der Waals surface area (Å²) in [6, 6.07) is 54.3. The van der Waals surface area contributed by atoms with Gasteiger partial charge in [-0.25, -0.2) is 0 Å². The molecule has 0 saturated carbocycles. The summed E-state index contributed by atoms with van der Waals surface area (Å²) in [7, 11) is 0. The van der Waals surface area contributed by atoms with Crippen LogP contribution in [0.3, 0.4) is 0 Å². The van der Waals surface area contributed by atoms with Gasteiger partial charge in [-0.3, -0.25) is 0 Å². The zero-order valence-corrected chi connectivity index (χ0v) is 35.3. The second-order valence-electron chi connectivity index (χ2n) is 16.1. The maximum atomic E-state index is 5.97. The maximum Gasteiger partial charge on any atom is 0.127 e. The third-order valence-corrected chi connectivity index (χ3v) is 10.8. The minimum Gasteiger partial charge on any atom is -0.494 e. The van der Waals surface area contributed by atoms with Crippen LogP contribution in [0.4, 0.5) is 0 Å². The monoisotopic (exact) mass is 758 g/mol. The number of benzene rings is 6. The largest absolute Gasteiger partial charge is 0.494 e. The topological polar surface area (TPSA) is 27.7 Å². The number of rotatable bonds is 17. The zero-order valence-electron chi connectivity index (χ0n) is 35.3. The average molecular weight is 759 g/mol. The van der Waals surface area contributed by atoms with E-state index in [2.05, 4.69) is 126 Å². The molecule has 0 aromatic heterocycles. The highest BCUT2D eigenvalue weighted by Gasteiger charge is 2.21. The van der Waals surface area contributed by atoms with Crippen molar-refractivity contribution >= 4 is 5.57 Å². The number of hydrogen-bond acceptors (Lipinski definition) is 3. The van der Waals surface area contributed by atoms with Crippen molar-refractivity contribution in [2.45, 2.75) is 97.8 Å². The van der Waals surface area contributed by atoms with Crippen molar-refractivity contribution in [1.82, 2.24) is 0 Å². The van der Waals surface area contributed by atoms with Crippen LogP contribution in [0.1, 0.15) is 102 Å². The van der Waals surface area contributed by atoms with Crippen molar-refractivity contribution in [3.63, 3.8) is 0 Å². The van der Waals surface area contributed by atoms with E-state index in [1.54, 1.807) is 0 Å². The van der Waals surface area contributed by atoms with Crippen LogP contribution >= 0.6 is 0 Å². The van der Waals surface area contributed by atoms with Crippen LogP contribution in [0.25, 0.3) is 5.57 Å². The molecule has 0 fully saturated rings. The number of allylic oxidation sites excluding steroid dienone is 2. The molecule has 296 valence electrons. The standard InChI is InChI=1S/C28H32O.C26H30O2/c1-5-22(2)24-16-18-25(19-17-24)28(3,4)20-10-12-23-11-9-15-27(21-23)29-26-13-7-6-8-14-26;1-4-27-24-16-9-13-22(20-24)26(2,3)18-10-12-21-11-8-17-25(19-21)28-23-14-6-5-7-15-23/h5-9,11,13-19,21H,10,12,20H2,1-4H3;5-9,11,13-17,19-20H,4,10,12,18H2,1-3H3. The third-order valence-electron chi connectivity index (χ3n) is 10.8. The Kier molecular flexibility index (Phi) is 15.8. The summed E-state index contributed by atoms with van der Waals surface area (Å²) >= 11 is 0. The summed E-state index contributed by atoms with van der Waals surface area (Å²) in [4.78, 5) is 0. The molecular weight excluding hydrogens is 697 g/mol. The highest BCUT2D eigenvalue weighted by Crippen LogP contribution is 2.33. The van der Waals surface area contributed by atoms with Gasteiger partial charge in [-0.05, 0) is 164 Å². The molecule has 3 heteroatoms. The first-order chi connectivity index (χ1) is 27.5. The lowest BCUT2D eigenvalue weighted by atomic mass is 9.79. The van der Waals surface area contributed by atoms with Crippen molar-refractivity contribution in [2.75, 3.05) is 6.61 Å². The average Bonchev–Trinajstić information content (AvgIpc) is 3.22. The molecule has 0 bridgehead atoms. The van der Waals surface area contributed by atoms with E-state index in [0.29, 0.717) is 6.61 Å². The molecule has 6 aromatic carbocycles. The molecule has 57 heavy (non-hydrogen) atoms. The molecule has 0 aliphatic rings. The normalized spacial score (nSPS) is 11.7. The Hall–Kier alpha value is -5.54. The summed E-state index contributed by atoms with van der Waals surface area (Å²) in [6.07, 6.45) is 8.81. The maximum absolute atomic E-state index is 5.97. The highest BCUT2D eigenvalue weighted by molar-refractivity contribution is 5.63. The molecule has 6 rings (SSSR count). The molecular formula is C54H62O3. The summed E-state index contributed by atoms with van der Waals surface area (Å²) in [5, 5.41) is 0. The Bertz CT molecular complexity index is 2110. The second-order valence-corrected chi connectivity index (χ2v) is 16.1. The van der Waals surface area contributed by atoms with Gasteiger partial charge in [0.2, 0.25) is 0 Å². The molecule has 0 heterocycles. The first kappa shape index (κ1) is 42.6. The van der Waals surface area contributed by atoms with Gasteiger partial charge in [0.1, 0.15) is 28.7 Å². The second kappa shape index (κ2) is 21.1. The summed E-state index contributed by atoms with van der Waals surface area (Å²) in [5.74, 6) is 4.51. The van der Waals surface area contributed by atoms with Gasteiger partial charge >= 0.3 is 0 Å². The fourth-order valence-electron chi connectivity index (χ4n) is 7.06. The lowest BCUT2D eigenvalue weighted by Crippen LogP contribution is -2.17. The van der Waals surface area contributed by atoms with Gasteiger partial charge in [-0.1, -0.05) is 131 Å². The lowest BCUT2D eigenvalue weighted by molar-refractivity contribution is 0.338. The fraction of sp³-hybridized carbons (Fsp3) is 0.296. The highest BCUT2D eigenvalue weighted by atomic mass is 16.5. The predicted octanol–water partition coefficient (Wildman–Crippen LogP) is 15.4. The SMILES string of the molecule is CC=C(C)c1ccc(C(C)(C)CCCc2cccc(Oc3ccccc3)c2)cc1.CCOc1cccc(C(C)(C)CCCc2cccc(Oc3ccccc3)c2)c1. The first-order valence-electron chi connectivity index (χ1n) is 20.7. The van der Waals surface area contributed by atoms with Crippen LogP contribution in [-0.4, -0.2) is 6.61 Å². The Labute approximate surface area is 343 Å². The number of hydrogen-bond donors (Lipinski definition) is 0. The molecule has 0 saturated heterocycles. The van der Waals surface area contributed by atoms with Crippen LogP contribution in [-0.2, 0) is 23.7 Å². The van der Waals surface area contributed by atoms with E-state index in [-0.39, 0.29) is 10.8 Å². The van der Waals surface area contributed by atoms with Gasteiger partial charge in [0.05, 0.1) is 6.61 Å². The zero-order chi connectivity index (χ0) is 40.5. The molecule has 0 unspecified atom stereocenters. The van der Waals surface area contributed by atoms with Crippen LogP contribution in [0.2, 0.25) is 0 Å². The summed E-state index contributed by atoms with van der Waals surface area (Å²) < 4.78 is 17.6. The molecule has 3 nitrogen and oxygen atoms in total. The van der Waals surface area contributed by atoms with E-state index in [1.165, 1.54) is 33.4 Å². The van der Waals surface area contributed by atoms with E-state index in [0.717, 1.165) is 67.3 Å². The Morgan fingerprint density at radius 2 is 0.947 bits per heavy atom. The predicted molar refractivity (Wildman–Crippen MR) is 241 cm³/mol. The van der Waals surface area contributed by atoms with Crippen LogP contribution < -0.4 is 14.2 Å². The van der Waals surface area contributed by atoms with Gasteiger partial charge in [0.25, 0.3) is 0 Å². The summed E-state index contributed by atoms with van der Waals surface area (Å²) in [5.41, 5.74) is 8.30. The number of aryl methyl sites for hydroxylation is 2. The lowest BCUT2D eigenvalue weighted by Gasteiger charge is -2.26. The smallest absolute Gasteiger partial charge is 0.127 e. The number of ether oxygens (including phenoxy) is 3. The minimum absolute atomic E-state index is 0.116. The van der Waals surface area contributed by atoms with Gasteiger partial charge in [0, 0.05) is 0 Å². The van der Waals surface area contributed by atoms with Crippen molar-refractivity contribution < 1.29 is 14.2 Å². The third kappa shape index (κ3) is 13.6. The van der Waals surface area contributed by atoms with Gasteiger partial charge in [0.15, 0.2) is 0 Å². The van der Waals surface area contributed by atoms with Crippen molar-refractivity contribution in [1.29, 1.82) is 0 Å². The number of para-hydroxylation sites is 2. The molecule has 6 aromatic rings. The first-order valence-corrected chi connectivity index (χ1v) is 20.7. The molecule has 0 amide bonds. The van der Waals surface area contributed by atoms with Crippen LogP contribution in [0.5, 0.6) is 28.7 Å². The Morgan fingerprint density at radius 3 is 1.44 bits per heavy atom. The van der Waals surface area contributed by atoms with E-state index in [1.807, 2.05) is 85.8 Å². The fourth-order valence-corrected chi connectivity index (χ4v) is 7.06. The van der Waals surface area contributed by atoms with Gasteiger partial charge < -0.3 is 14.2 Å². The molecule has 0 spiro atoms. The minimum atomic E-state index is 0.116. The molecule has 0 atom stereocenters. The van der Waals surface area contributed by atoms with Gasteiger partial charge in [-0.15, -0.1) is 0 Å². The van der Waals surface area contributed by atoms with Crippen LogP contribution in [0.15, 0.2) is 164 Å². The van der Waals surface area contributed by atoms with E-state index in [9.17, 15) is 0 Å². The Balaban J connectivity index is 0.000000218. The molecule has 0 N–H and O–H groups in total. The molecule has 0 aliphatic carbocycles. The van der Waals surface area contributed by atoms with Crippen molar-refractivity contribution in [3.05, 3.63) is 192 Å².